The fraction of sp³-hybridized carbons (Fsp3) is 0.0714. The minimum atomic E-state index is 0.834. The maximum atomic E-state index is 5.16. The molecule has 6 heteroatoms. The Bertz CT molecular complexity index is 698. The standard InChI is InChI=1S/C14H13N5O/c1-20-14-6-4-12(5-7-14)19-8-2-3-13(19)9-17-18-10-15-16-11-18/h2-11H,1H3. The summed E-state index contributed by atoms with van der Waals surface area (Å²) in [6, 6.07) is 11.8. The summed E-state index contributed by atoms with van der Waals surface area (Å²) in [4.78, 5) is 0. The Kier molecular flexibility index (Phi) is 3.28. The van der Waals surface area contributed by atoms with Crippen LogP contribution in [-0.2, 0) is 0 Å². The summed E-state index contributed by atoms with van der Waals surface area (Å²) in [5, 5.41) is 11.7. The minimum Gasteiger partial charge on any atom is -0.497 e. The molecular weight excluding hydrogens is 254 g/mol. The van der Waals surface area contributed by atoms with E-state index in [-0.39, 0.29) is 0 Å². The predicted molar refractivity (Wildman–Crippen MR) is 75.3 cm³/mol. The van der Waals surface area contributed by atoms with E-state index >= 15 is 0 Å². The molecule has 0 aliphatic rings. The highest BCUT2D eigenvalue weighted by molar-refractivity contribution is 5.78. The van der Waals surface area contributed by atoms with Crippen molar-refractivity contribution in [3.63, 3.8) is 0 Å². The Morgan fingerprint density at radius 1 is 1.10 bits per heavy atom. The van der Waals surface area contributed by atoms with Crippen LogP contribution in [-0.4, -0.2) is 32.8 Å². The first-order chi connectivity index (χ1) is 9.86. The first kappa shape index (κ1) is 12.2. The highest BCUT2D eigenvalue weighted by Gasteiger charge is 2.01. The lowest BCUT2D eigenvalue weighted by Gasteiger charge is -2.07. The van der Waals surface area contributed by atoms with Crippen LogP contribution in [0.5, 0.6) is 5.75 Å². The van der Waals surface area contributed by atoms with Crippen molar-refractivity contribution < 1.29 is 4.74 Å². The molecule has 0 fully saturated rings. The molecule has 2 aromatic heterocycles. The van der Waals surface area contributed by atoms with Crippen molar-refractivity contribution >= 4 is 6.21 Å². The van der Waals surface area contributed by atoms with Crippen LogP contribution >= 0.6 is 0 Å². The van der Waals surface area contributed by atoms with Crippen LogP contribution in [0.3, 0.4) is 0 Å². The zero-order chi connectivity index (χ0) is 13.8. The van der Waals surface area contributed by atoms with Gasteiger partial charge in [-0.2, -0.15) is 5.10 Å². The van der Waals surface area contributed by atoms with Crippen molar-refractivity contribution in [2.24, 2.45) is 5.10 Å². The molecule has 100 valence electrons. The van der Waals surface area contributed by atoms with E-state index in [4.69, 9.17) is 4.74 Å². The zero-order valence-electron chi connectivity index (χ0n) is 10.9. The maximum absolute atomic E-state index is 5.16. The summed E-state index contributed by atoms with van der Waals surface area (Å²) in [6.07, 6.45) is 6.82. The van der Waals surface area contributed by atoms with E-state index in [1.54, 1.807) is 18.0 Å². The van der Waals surface area contributed by atoms with E-state index in [1.165, 1.54) is 12.7 Å². The molecule has 3 aromatic rings. The van der Waals surface area contributed by atoms with Crippen LogP contribution in [0.15, 0.2) is 60.4 Å². The van der Waals surface area contributed by atoms with E-state index in [0.717, 1.165) is 17.1 Å². The van der Waals surface area contributed by atoms with Gasteiger partial charge in [-0.3, -0.25) is 0 Å². The largest absolute Gasteiger partial charge is 0.497 e. The molecule has 0 saturated heterocycles. The molecule has 6 nitrogen and oxygen atoms in total. The van der Waals surface area contributed by atoms with Gasteiger partial charge in [-0.1, -0.05) is 0 Å². The van der Waals surface area contributed by atoms with Crippen LogP contribution in [0.1, 0.15) is 5.69 Å². The van der Waals surface area contributed by atoms with Gasteiger partial charge >= 0.3 is 0 Å². The average Bonchev–Trinajstić information content (AvgIpc) is 3.16. The third-order valence-corrected chi connectivity index (χ3v) is 2.86. The van der Waals surface area contributed by atoms with Crippen LogP contribution in [0, 0.1) is 0 Å². The highest BCUT2D eigenvalue weighted by atomic mass is 16.5. The van der Waals surface area contributed by atoms with Gasteiger partial charge in [0.25, 0.3) is 0 Å². The van der Waals surface area contributed by atoms with E-state index < -0.39 is 0 Å². The van der Waals surface area contributed by atoms with Crippen LogP contribution in [0.2, 0.25) is 0 Å². The Morgan fingerprint density at radius 3 is 2.55 bits per heavy atom. The summed E-state index contributed by atoms with van der Waals surface area (Å²) in [6.45, 7) is 0. The van der Waals surface area contributed by atoms with Gasteiger partial charge in [-0.15, -0.1) is 10.2 Å². The average molecular weight is 267 g/mol. The number of hydrogen-bond acceptors (Lipinski definition) is 4. The van der Waals surface area contributed by atoms with Crippen molar-refractivity contribution in [2.75, 3.05) is 7.11 Å². The van der Waals surface area contributed by atoms with Crippen molar-refractivity contribution in [3.05, 3.63) is 60.9 Å². The Labute approximate surface area is 116 Å². The van der Waals surface area contributed by atoms with Crippen LogP contribution in [0.25, 0.3) is 5.69 Å². The number of hydrogen-bond donors (Lipinski definition) is 0. The number of aromatic nitrogens is 4. The molecule has 0 N–H and O–H groups in total. The Morgan fingerprint density at radius 2 is 1.85 bits per heavy atom. The van der Waals surface area contributed by atoms with Crippen molar-refractivity contribution in [2.45, 2.75) is 0 Å². The highest BCUT2D eigenvalue weighted by Crippen LogP contribution is 2.16. The molecular formula is C14H13N5O. The molecule has 0 spiro atoms. The number of methoxy groups -OCH3 is 1. The van der Waals surface area contributed by atoms with E-state index in [9.17, 15) is 0 Å². The third kappa shape index (κ3) is 2.44. The first-order valence-corrected chi connectivity index (χ1v) is 6.07. The van der Waals surface area contributed by atoms with Gasteiger partial charge in [-0.25, -0.2) is 4.68 Å². The van der Waals surface area contributed by atoms with Gasteiger partial charge in [0.2, 0.25) is 0 Å². The monoisotopic (exact) mass is 267 g/mol. The van der Waals surface area contributed by atoms with Crippen molar-refractivity contribution in [3.8, 4) is 11.4 Å². The first-order valence-electron chi connectivity index (χ1n) is 6.07. The van der Waals surface area contributed by atoms with Crippen LogP contribution in [0.4, 0.5) is 0 Å². The zero-order valence-corrected chi connectivity index (χ0v) is 10.9. The fourth-order valence-electron chi connectivity index (χ4n) is 1.86. The van der Waals surface area contributed by atoms with Gasteiger partial charge in [-0.05, 0) is 36.4 Å². The lowest BCUT2D eigenvalue weighted by molar-refractivity contribution is 0.415. The molecule has 0 unspecified atom stereocenters. The number of rotatable bonds is 4. The Hall–Kier alpha value is -2.89. The second-order valence-corrected chi connectivity index (χ2v) is 4.09. The summed E-state index contributed by atoms with van der Waals surface area (Å²) >= 11 is 0. The molecule has 20 heavy (non-hydrogen) atoms. The summed E-state index contributed by atoms with van der Waals surface area (Å²) in [7, 11) is 1.65. The van der Waals surface area contributed by atoms with E-state index in [2.05, 4.69) is 15.3 Å². The molecule has 0 bridgehead atoms. The lowest BCUT2D eigenvalue weighted by atomic mass is 10.3. The molecule has 0 aliphatic carbocycles. The van der Waals surface area contributed by atoms with E-state index in [1.807, 2.05) is 47.2 Å². The molecule has 0 aliphatic heterocycles. The number of benzene rings is 1. The molecule has 1 aromatic carbocycles. The summed E-state index contributed by atoms with van der Waals surface area (Å²) in [5.74, 6) is 0.834. The molecule has 2 heterocycles. The normalized spacial score (nSPS) is 11.1. The second-order valence-electron chi connectivity index (χ2n) is 4.09. The summed E-state index contributed by atoms with van der Waals surface area (Å²) < 4.78 is 8.74. The second kappa shape index (κ2) is 5.40. The molecule has 0 radical (unpaired) electrons. The third-order valence-electron chi connectivity index (χ3n) is 2.86. The minimum absolute atomic E-state index is 0.834. The fourth-order valence-corrected chi connectivity index (χ4v) is 1.86. The molecule has 0 saturated carbocycles. The predicted octanol–water partition coefficient (Wildman–Crippen LogP) is 1.96. The Balaban J connectivity index is 1.89. The lowest BCUT2D eigenvalue weighted by Crippen LogP contribution is -1.99. The molecule has 3 rings (SSSR count). The number of ether oxygens (including phenoxy) is 1. The van der Waals surface area contributed by atoms with Gasteiger partial charge in [0, 0.05) is 11.9 Å². The quantitative estimate of drug-likeness (QED) is 0.679. The van der Waals surface area contributed by atoms with Gasteiger partial charge in [0.05, 0.1) is 19.0 Å². The topological polar surface area (TPSA) is 57.2 Å². The summed E-state index contributed by atoms with van der Waals surface area (Å²) in [5.41, 5.74) is 2.00. The van der Waals surface area contributed by atoms with Gasteiger partial charge in [0.1, 0.15) is 18.4 Å². The maximum Gasteiger partial charge on any atom is 0.141 e. The SMILES string of the molecule is COc1ccc(-n2cccc2C=Nn2cnnc2)cc1. The van der Waals surface area contributed by atoms with Gasteiger partial charge in [0.15, 0.2) is 0 Å². The van der Waals surface area contributed by atoms with E-state index in [0.29, 0.717) is 0 Å². The van der Waals surface area contributed by atoms with Crippen molar-refractivity contribution in [1.29, 1.82) is 0 Å². The van der Waals surface area contributed by atoms with Gasteiger partial charge < -0.3 is 9.30 Å². The number of nitrogens with zero attached hydrogens (tertiary/aromatic N) is 5. The van der Waals surface area contributed by atoms with Crippen LogP contribution < -0.4 is 4.74 Å². The molecule has 0 atom stereocenters. The smallest absolute Gasteiger partial charge is 0.141 e. The molecule has 0 amide bonds. The van der Waals surface area contributed by atoms with Crippen molar-refractivity contribution in [1.82, 2.24) is 19.4 Å².